The van der Waals surface area contributed by atoms with Crippen molar-refractivity contribution in [2.45, 2.75) is 44.8 Å². The lowest BCUT2D eigenvalue weighted by Crippen LogP contribution is -2.35. The normalized spacial score (nSPS) is 16.5. The lowest BCUT2D eigenvalue weighted by atomic mass is 9.80. The van der Waals surface area contributed by atoms with Gasteiger partial charge in [-0.25, -0.2) is 19.0 Å². The molecule has 11 nitrogen and oxygen atoms in total. The van der Waals surface area contributed by atoms with Gasteiger partial charge in [-0.3, -0.25) is 9.48 Å². The van der Waals surface area contributed by atoms with Crippen molar-refractivity contribution in [1.29, 1.82) is 0 Å². The van der Waals surface area contributed by atoms with E-state index in [0.717, 1.165) is 11.6 Å². The predicted molar refractivity (Wildman–Crippen MR) is 143 cm³/mol. The second-order valence-electron chi connectivity index (χ2n) is 10.3. The van der Waals surface area contributed by atoms with Crippen LogP contribution in [-0.2, 0) is 16.5 Å². The number of carbonyl (C=O) groups is 3. The molecule has 2 N–H and O–H groups in total. The molecule has 0 saturated carbocycles. The molecule has 0 radical (unpaired) electrons. The second kappa shape index (κ2) is 11.7. The summed E-state index contributed by atoms with van der Waals surface area (Å²) in [6.45, 7) is 6.14. The highest BCUT2D eigenvalue weighted by atomic mass is 19.1. The molecule has 1 aromatic heterocycles. The van der Waals surface area contributed by atoms with Gasteiger partial charge in [-0.05, 0) is 57.0 Å². The molecular formula is C28H32FN5O6. The summed E-state index contributed by atoms with van der Waals surface area (Å²) in [6.07, 6.45) is 1.43. The lowest BCUT2D eigenvalue weighted by molar-refractivity contribution is 0.0524. The van der Waals surface area contributed by atoms with Crippen molar-refractivity contribution in [3.8, 4) is 5.75 Å². The van der Waals surface area contributed by atoms with Crippen LogP contribution >= 0.6 is 0 Å². The molecule has 0 spiro atoms. The average molecular weight is 554 g/mol. The van der Waals surface area contributed by atoms with Crippen molar-refractivity contribution in [2.75, 3.05) is 25.6 Å². The molecule has 12 heteroatoms. The van der Waals surface area contributed by atoms with E-state index < -0.39 is 41.2 Å². The molecule has 0 bridgehead atoms. The number of fused-ring (bicyclic) bond motifs is 1. The minimum atomic E-state index is -0.862. The zero-order valence-electron chi connectivity index (χ0n) is 23.0. The van der Waals surface area contributed by atoms with Crippen LogP contribution in [0.25, 0.3) is 0 Å². The van der Waals surface area contributed by atoms with Crippen molar-refractivity contribution < 1.29 is 33.0 Å². The number of halogens is 1. The number of aromatic nitrogens is 3. The number of methoxy groups -OCH3 is 1. The Morgan fingerprint density at radius 3 is 2.52 bits per heavy atom. The summed E-state index contributed by atoms with van der Waals surface area (Å²) in [5.41, 5.74) is 0.218. The molecule has 2 heterocycles. The monoisotopic (exact) mass is 553 g/mol. The van der Waals surface area contributed by atoms with Crippen LogP contribution in [0.5, 0.6) is 5.75 Å². The highest BCUT2D eigenvalue weighted by Gasteiger charge is 2.42. The molecule has 212 valence electrons. The Morgan fingerprint density at radius 2 is 1.90 bits per heavy atom. The SMILES string of the molecule is COC(=O)c1cc(F)cc2c1C(=O)C(c1ncnn1C)C(c1ccc(OCCCNC(=O)OC(C)(C)C)cc1)N2. The Kier molecular flexibility index (Phi) is 8.36. The van der Waals surface area contributed by atoms with Crippen molar-refractivity contribution in [3.05, 3.63) is 71.1 Å². The van der Waals surface area contributed by atoms with Gasteiger partial charge in [-0.2, -0.15) is 5.10 Å². The molecule has 0 aliphatic carbocycles. The number of carbonyl (C=O) groups excluding carboxylic acids is 3. The number of rotatable bonds is 8. The quantitative estimate of drug-likeness (QED) is 0.311. The average Bonchev–Trinajstić information content (AvgIpc) is 3.31. The fourth-order valence-electron chi connectivity index (χ4n) is 4.48. The van der Waals surface area contributed by atoms with E-state index in [9.17, 15) is 18.8 Å². The van der Waals surface area contributed by atoms with E-state index in [0.29, 0.717) is 31.1 Å². The number of amides is 1. The van der Waals surface area contributed by atoms with Gasteiger partial charge in [0.25, 0.3) is 0 Å². The van der Waals surface area contributed by atoms with Crippen molar-refractivity contribution in [3.63, 3.8) is 0 Å². The summed E-state index contributed by atoms with van der Waals surface area (Å²) in [6, 6.07) is 8.66. The van der Waals surface area contributed by atoms with E-state index in [-0.39, 0.29) is 16.8 Å². The molecule has 1 aliphatic rings. The van der Waals surface area contributed by atoms with E-state index in [1.165, 1.54) is 24.2 Å². The molecule has 40 heavy (non-hydrogen) atoms. The van der Waals surface area contributed by atoms with Gasteiger partial charge >= 0.3 is 12.1 Å². The highest BCUT2D eigenvalue weighted by Crippen LogP contribution is 2.43. The first kappa shape index (κ1) is 28.5. The Morgan fingerprint density at radius 1 is 1.18 bits per heavy atom. The third-order valence-corrected chi connectivity index (χ3v) is 6.20. The number of ether oxygens (including phenoxy) is 3. The van der Waals surface area contributed by atoms with Gasteiger partial charge in [-0.1, -0.05) is 12.1 Å². The van der Waals surface area contributed by atoms with E-state index in [2.05, 4.69) is 20.7 Å². The van der Waals surface area contributed by atoms with Crippen LogP contribution in [0.2, 0.25) is 0 Å². The summed E-state index contributed by atoms with van der Waals surface area (Å²) >= 11 is 0. The van der Waals surface area contributed by atoms with E-state index in [4.69, 9.17) is 14.2 Å². The van der Waals surface area contributed by atoms with Crippen LogP contribution in [0.4, 0.5) is 14.9 Å². The Balaban J connectivity index is 1.52. The van der Waals surface area contributed by atoms with Crippen molar-refractivity contribution in [1.82, 2.24) is 20.1 Å². The number of ketones is 1. The molecule has 2 atom stereocenters. The number of nitrogens with one attached hydrogen (secondary N) is 2. The Labute approximate surface area is 231 Å². The molecule has 2 unspecified atom stereocenters. The summed E-state index contributed by atoms with van der Waals surface area (Å²) < 4.78 is 31.7. The largest absolute Gasteiger partial charge is 0.494 e. The number of esters is 1. The van der Waals surface area contributed by atoms with Crippen LogP contribution in [-0.4, -0.2) is 58.5 Å². The Bertz CT molecular complexity index is 1400. The maximum Gasteiger partial charge on any atom is 0.407 e. The van der Waals surface area contributed by atoms with Crippen LogP contribution in [0.1, 0.15) is 71.3 Å². The fraction of sp³-hybridized carbons (Fsp3) is 0.393. The number of hydrogen-bond acceptors (Lipinski definition) is 9. The van der Waals surface area contributed by atoms with E-state index in [1.807, 2.05) is 0 Å². The molecule has 1 amide bonds. The Hall–Kier alpha value is -4.48. The molecule has 1 aliphatic heterocycles. The van der Waals surface area contributed by atoms with Crippen LogP contribution in [0.15, 0.2) is 42.7 Å². The number of nitrogens with zero attached hydrogens (tertiary/aromatic N) is 3. The molecule has 3 aromatic rings. The first-order valence-electron chi connectivity index (χ1n) is 12.7. The molecule has 0 saturated heterocycles. The number of Topliss-reactive ketones (excluding diaryl/α,β-unsaturated/α-hetero) is 1. The summed E-state index contributed by atoms with van der Waals surface area (Å²) in [7, 11) is 2.84. The highest BCUT2D eigenvalue weighted by molar-refractivity contribution is 6.14. The maximum atomic E-state index is 14.5. The number of aryl methyl sites for hydroxylation is 1. The van der Waals surface area contributed by atoms with Gasteiger partial charge in [0.05, 0.1) is 30.9 Å². The molecule has 0 fully saturated rings. The molecular weight excluding hydrogens is 521 g/mol. The van der Waals surface area contributed by atoms with Crippen LogP contribution in [0.3, 0.4) is 0 Å². The zero-order valence-corrected chi connectivity index (χ0v) is 23.0. The minimum Gasteiger partial charge on any atom is -0.494 e. The number of anilines is 1. The third-order valence-electron chi connectivity index (χ3n) is 6.20. The topological polar surface area (TPSA) is 134 Å². The maximum absolute atomic E-state index is 14.5. The van der Waals surface area contributed by atoms with Crippen molar-refractivity contribution >= 4 is 23.5 Å². The van der Waals surface area contributed by atoms with Crippen LogP contribution < -0.4 is 15.4 Å². The molecule has 4 rings (SSSR count). The first-order chi connectivity index (χ1) is 19.0. The zero-order chi connectivity index (χ0) is 29.0. The van der Waals surface area contributed by atoms with E-state index in [1.54, 1.807) is 52.1 Å². The van der Waals surface area contributed by atoms with Crippen molar-refractivity contribution in [2.24, 2.45) is 7.05 Å². The van der Waals surface area contributed by atoms with Gasteiger partial charge in [0, 0.05) is 19.3 Å². The summed E-state index contributed by atoms with van der Waals surface area (Å²) in [4.78, 5) is 42.3. The standard InChI is InChI=1S/C28H32FN5O6/c1-28(2,3)40-27(37)30-11-6-12-39-18-9-7-16(8-10-18)23-22(25-31-15-32-34(25)4)24(35)21-19(26(36)38-5)13-17(29)14-20(21)33-23/h7-10,13-15,22-23,33H,6,11-12H2,1-5H3,(H,30,37). The number of alkyl carbamates (subject to hydrolysis) is 1. The summed E-state index contributed by atoms with van der Waals surface area (Å²) in [5.74, 6) is -1.79. The van der Waals surface area contributed by atoms with Gasteiger partial charge in [-0.15, -0.1) is 0 Å². The number of benzene rings is 2. The fourth-order valence-corrected chi connectivity index (χ4v) is 4.48. The van der Waals surface area contributed by atoms with Gasteiger partial charge < -0.3 is 24.8 Å². The van der Waals surface area contributed by atoms with Gasteiger partial charge in [0.1, 0.15) is 35.2 Å². The number of hydrogen-bond donors (Lipinski definition) is 2. The molecule has 2 aromatic carbocycles. The first-order valence-corrected chi connectivity index (χ1v) is 12.7. The third kappa shape index (κ3) is 6.38. The second-order valence-corrected chi connectivity index (χ2v) is 10.3. The lowest BCUT2D eigenvalue weighted by Gasteiger charge is -2.34. The van der Waals surface area contributed by atoms with Gasteiger partial charge in [0.15, 0.2) is 5.78 Å². The smallest absolute Gasteiger partial charge is 0.407 e. The minimum absolute atomic E-state index is 0.0393. The van der Waals surface area contributed by atoms with Gasteiger partial charge in [0.2, 0.25) is 0 Å². The summed E-state index contributed by atoms with van der Waals surface area (Å²) in [5, 5.41) is 10.0. The predicted octanol–water partition coefficient (Wildman–Crippen LogP) is 4.17. The van der Waals surface area contributed by atoms with E-state index >= 15 is 0 Å². The van der Waals surface area contributed by atoms with Crippen LogP contribution in [0, 0.1) is 5.82 Å².